The van der Waals surface area contributed by atoms with E-state index in [1.54, 1.807) is 16.0 Å². The Kier molecular flexibility index (Phi) is 3.23. The van der Waals surface area contributed by atoms with E-state index in [0.717, 1.165) is 26.7 Å². The number of nitrogens with two attached hydrogens (primary N) is 1. The molecule has 0 fully saturated rings. The lowest BCUT2D eigenvalue weighted by atomic mass is 10.0. The number of nitrogens with zero attached hydrogens (tertiary/aromatic N) is 3. The quantitative estimate of drug-likeness (QED) is 0.784. The number of aryl methyl sites for hydroxylation is 2. The van der Waals surface area contributed by atoms with Crippen molar-refractivity contribution in [3.05, 3.63) is 40.5 Å². The fraction of sp³-hybridized carbons (Fsp3) is 0.143. The Morgan fingerprint density at radius 3 is 2.80 bits per heavy atom. The highest BCUT2D eigenvalue weighted by Gasteiger charge is 2.19. The minimum absolute atomic E-state index is 0.619. The molecule has 0 aliphatic heterocycles. The number of thiazole rings is 1. The van der Waals surface area contributed by atoms with Crippen LogP contribution in [0.3, 0.4) is 0 Å². The van der Waals surface area contributed by atoms with Crippen LogP contribution in [0.1, 0.15) is 5.01 Å². The Balaban J connectivity index is 2.24. The van der Waals surface area contributed by atoms with Gasteiger partial charge in [-0.15, -0.1) is 11.3 Å². The molecule has 102 valence electrons. The monoisotopic (exact) mass is 304 g/mol. The maximum Gasteiger partial charge on any atom is 0.129 e. The van der Waals surface area contributed by atoms with Crippen molar-refractivity contribution in [2.45, 2.75) is 6.92 Å². The van der Waals surface area contributed by atoms with Crippen LogP contribution >= 0.6 is 22.9 Å². The predicted molar refractivity (Wildman–Crippen MR) is 83.9 cm³/mol. The third kappa shape index (κ3) is 2.19. The normalized spacial score (nSPS) is 10.9. The van der Waals surface area contributed by atoms with Crippen LogP contribution in [0.5, 0.6) is 0 Å². The molecule has 0 amide bonds. The van der Waals surface area contributed by atoms with E-state index >= 15 is 0 Å². The first-order chi connectivity index (χ1) is 9.56. The van der Waals surface area contributed by atoms with Gasteiger partial charge in [0.15, 0.2) is 0 Å². The molecule has 2 aromatic heterocycles. The van der Waals surface area contributed by atoms with Gasteiger partial charge in [0.1, 0.15) is 11.5 Å². The van der Waals surface area contributed by atoms with E-state index in [0.29, 0.717) is 10.8 Å². The van der Waals surface area contributed by atoms with Crippen LogP contribution in [0.2, 0.25) is 5.02 Å². The van der Waals surface area contributed by atoms with Gasteiger partial charge in [-0.2, -0.15) is 5.10 Å². The molecule has 3 aromatic rings. The van der Waals surface area contributed by atoms with Gasteiger partial charge in [-0.3, -0.25) is 4.68 Å². The number of aromatic nitrogens is 3. The molecule has 0 bridgehead atoms. The average Bonchev–Trinajstić information content (AvgIpc) is 2.95. The number of hydrogen-bond donors (Lipinski definition) is 1. The Hall–Kier alpha value is -1.85. The van der Waals surface area contributed by atoms with Crippen molar-refractivity contribution < 1.29 is 0 Å². The zero-order valence-electron chi connectivity index (χ0n) is 11.1. The van der Waals surface area contributed by atoms with Gasteiger partial charge in [0.2, 0.25) is 0 Å². The van der Waals surface area contributed by atoms with Crippen molar-refractivity contribution in [1.29, 1.82) is 0 Å². The Labute approximate surface area is 125 Å². The van der Waals surface area contributed by atoms with Gasteiger partial charge in [-0.1, -0.05) is 23.7 Å². The molecule has 0 atom stereocenters. The van der Waals surface area contributed by atoms with Crippen LogP contribution in [0.4, 0.5) is 5.82 Å². The van der Waals surface area contributed by atoms with Gasteiger partial charge in [0.25, 0.3) is 0 Å². The van der Waals surface area contributed by atoms with Crippen LogP contribution < -0.4 is 5.73 Å². The second kappa shape index (κ2) is 4.92. The number of nitrogen functional groups attached to an aromatic ring is 1. The Morgan fingerprint density at radius 1 is 1.35 bits per heavy atom. The van der Waals surface area contributed by atoms with Crippen LogP contribution in [-0.2, 0) is 7.05 Å². The molecule has 1 aromatic carbocycles. The predicted octanol–water partition coefficient (Wildman–Crippen LogP) is 3.75. The molecular weight excluding hydrogens is 292 g/mol. The van der Waals surface area contributed by atoms with Crippen LogP contribution in [0, 0.1) is 6.92 Å². The van der Waals surface area contributed by atoms with Crippen molar-refractivity contribution in [3.8, 4) is 21.7 Å². The molecule has 0 saturated carbocycles. The zero-order chi connectivity index (χ0) is 14.3. The topological polar surface area (TPSA) is 56.7 Å². The number of halogens is 1. The van der Waals surface area contributed by atoms with Crippen LogP contribution in [0.15, 0.2) is 30.5 Å². The van der Waals surface area contributed by atoms with Gasteiger partial charge in [-0.25, -0.2) is 4.98 Å². The lowest BCUT2D eigenvalue weighted by Crippen LogP contribution is -1.97. The summed E-state index contributed by atoms with van der Waals surface area (Å²) in [4.78, 5) is 5.29. The summed E-state index contributed by atoms with van der Waals surface area (Å²) in [6.45, 7) is 1.97. The first-order valence-electron chi connectivity index (χ1n) is 6.07. The standard InChI is InChI=1S/C14H13ClN4S/c1-8-17-7-11(20-8)13-12(14(16)19(2)18-13)9-4-3-5-10(15)6-9/h3-7H,16H2,1-2H3. The zero-order valence-corrected chi connectivity index (χ0v) is 12.7. The highest BCUT2D eigenvalue weighted by atomic mass is 35.5. The summed E-state index contributed by atoms with van der Waals surface area (Å²) >= 11 is 7.68. The summed E-state index contributed by atoms with van der Waals surface area (Å²) in [5.41, 5.74) is 8.88. The van der Waals surface area contributed by atoms with Crippen molar-refractivity contribution in [3.63, 3.8) is 0 Å². The second-order valence-corrected chi connectivity index (χ2v) is 6.16. The molecule has 0 aliphatic rings. The smallest absolute Gasteiger partial charge is 0.129 e. The molecular formula is C14H13ClN4S. The molecule has 0 spiro atoms. The lowest BCUT2D eigenvalue weighted by molar-refractivity contribution is 0.783. The van der Waals surface area contributed by atoms with Gasteiger partial charge >= 0.3 is 0 Å². The van der Waals surface area contributed by atoms with Crippen LogP contribution in [-0.4, -0.2) is 14.8 Å². The number of benzene rings is 1. The average molecular weight is 305 g/mol. The van der Waals surface area contributed by atoms with Gasteiger partial charge in [-0.05, 0) is 24.6 Å². The van der Waals surface area contributed by atoms with E-state index in [-0.39, 0.29) is 0 Å². The van der Waals surface area contributed by atoms with E-state index in [4.69, 9.17) is 17.3 Å². The summed E-state index contributed by atoms with van der Waals surface area (Å²) in [5.74, 6) is 0.619. The maximum atomic E-state index is 6.17. The van der Waals surface area contributed by atoms with Crippen molar-refractivity contribution in [2.24, 2.45) is 7.05 Å². The molecule has 2 heterocycles. The molecule has 0 saturated heterocycles. The number of hydrogen-bond acceptors (Lipinski definition) is 4. The van der Waals surface area contributed by atoms with Crippen molar-refractivity contribution in [2.75, 3.05) is 5.73 Å². The molecule has 6 heteroatoms. The molecule has 20 heavy (non-hydrogen) atoms. The summed E-state index contributed by atoms with van der Waals surface area (Å²) < 4.78 is 1.68. The van der Waals surface area contributed by atoms with Crippen LogP contribution in [0.25, 0.3) is 21.7 Å². The van der Waals surface area contributed by atoms with Gasteiger partial charge < -0.3 is 5.73 Å². The van der Waals surface area contributed by atoms with Gasteiger partial charge in [0.05, 0.1) is 15.4 Å². The third-order valence-corrected chi connectivity index (χ3v) is 4.21. The summed E-state index contributed by atoms with van der Waals surface area (Å²) in [6.07, 6.45) is 1.83. The molecule has 0 aliphatic carbocycles. The van der Waals surface area contributed by atoms with E-state index in [1.807, 2.05) is 44.4 Å². The lowest BCUT2D eigenvalue weighted by Gasteiger charge is -2.03. The Bertz CT molecular complexity index is 775. The Morgan fingerprint density at radius 2 is 2.15 bits per heavy atom. The van der Waals surface area contributed by atoms with E-state index in [1.165, 1.54) is 0 Å². The first kappa shape index (κ1) is 13.1. The number of anilines is 1. The first-order valence-corrected chi connectivity index (χ1v) is 7.27. The summed E-state index contributed by atoms with van der Waals surface area (Å²) in [7, 11) is 1.83. The van der Waals surface area contributed by atoms with Gasteiger partial charge in [0, 0.05) is 18.3 Å². The van der Waals surface area contributed by atoms with E-state index in [9.17, 15) is 0 Å². The highest BCUT2D eigenvalue weighted by Crippen LogP contribution is 2.38. The largest absolute Gasteiger partial charge is 0.383 e. The second-order valence-electron chi connectivity index (χ2n) is 4.49. The summed E-state index contributed by atoms with van der Waals surface area (Å²) in [6, 6.07) is 7.63. The molecule has 4 nitrogen and oxygen atoms in total. The van der Waals surface area contributed by atoms with E-state index < -0.39 is 0 Å². The minimum atomic E-state index is 0.619. The van der Waals surface area contributed by atoms with E-state index in [2.05, 4.69) is 10.1 Å². The summed E-state index contributed by atoms with van der Waals surface area (Å²) in [5, 5.41) is 6.20. The highest BCUT2D eigenvalue weighted by molar-refractivity contribution is 7.15. The third-order valence-electron chi connectivity index (χ3n) is 3.06. The van der Waals surface area contributed by atoms with Crippen molar-refractivity contribution in [1.82, 2.24) is 14.8 Å². The maximum absolute atomic E-state index is 6.17. The fourth-order valence-electron chi connectivity index (χ4n) is 2.11. The number of rotatable bonds is 2. The fourth-order valence-corrected chi connectivity index (χ4v) is 3.07. The minimum Gasteiger partial charge on any atom is -0.383 e. The molecule has 2 N–H and O–H groups in total. The van der Waals surface area contributed by atoms with Crippen molar-refractivity contribution >= 4 is 28.8 Å². The molecule has 3 rings (SSSR count). The molecule has 0 radical (unpaired) electrons. The SMILES string of the molecule is Cc1ncc(-c2nn(C)c(N)c2-c2cccc(Cl)c2)s1. The molecule has 0 unspecified atom stereocenters.